The summed E-state index contributed by atoms with van der Waals surface area (Å²) in [6.07, 6.45) is 0. The SMILES string of the molecule is CCN(CC)c1nc(C)nc(NN)c1C. The average Bonchev–Trinajstić information content (AvgIpc) is 2.24. The fourth-order valence-electron chi connectivity index (χ4n) is 1.59. The van der Waals surface area contributed by atoms with E-state index in [-0.39, 0.29) is 0 Å². The Labute approximate surface area is 90.7 Å². The molecule has 0 amide bonds. The third-order valence-corrected chi connectivity index (χ3v) is 2.43. The minimum Gasteiger partial charge on any atom is -0.357 e. The molecule has 0 fully saturated rings. The Kier molecular flexibility index (Phi) is 3.85. The highest BCUT2D eigenvalue weighted by molar-refractivity contribution is 5.58. The lowest BCUT2D eigenvalue weighted by Gasteiger charge is -2.23. The number of hydrazine groups is 1. The molecule has 1 aromatic rings. The number of hydrogen-bond acceptors (Lipinski definition) is 5. The second-order valence-electron chi connectivity index (χ2n) is 3.38. The molecular weight excluding hydrogens is 190 g/mol. The van der Waals surface area contributed by atoms with Crippen LogP contribution < -0.4 is 16.2 Å². The van der Waals surface area contributed by atoms with E-state index >= 15 is 0 Å². The van der Waals surface area contributed by atoms with Gasteiger partial charge in [0.05, 0.1) is 0 Å². The largest absolute Gasteiger partial charge is 0.357 e. The van der Waals surface area contributed by atoms with E-state index < -0.39 is 0 Å². The lowest BCUT2D eigenvalue weighted by molar-refractivity contribution is 0.827. The molecule has 0 spiro atoms. The van der Waals surface area contributed by atoms with Crippen LogP contribution >= 0.6 is 0 Å². The molecule has 15 heavy (non-hydrogen) atoms. The summed E-state index contributed by atoms with van der Waals surface area (Å²) in [7, 11) is 0. The number of aromatic nitrogens is 2. The normalized spacial score (nSPS) is 10.2. The van der Waals surface area contributed by atoms with Crippen molar-refractivity contribution in [2.75, 3.05) is 23.4 Å². The van der Waals surface area contributed by atoms with E-state index in [1.54, 1.807) is 0 Å². The highest BCUT2D eigenvalue weighted by atomic mass is 15.3. The van der Waals surface area contributed by atoms with Gasteiger partial charge in [-0.1, -0.05) is 0 Å². The summed E-state index contributed by atoms with van der Waals surface area (Å²) in [5, 5.41) is 0. The van der Waals surface area contributed by atoms with Crippen LogP contribution in [0.2, 0.25) is 0 Å². The van der Waals surface area contributed by atoms with Crippen LogP contribution in [0, 0.1) is 13.8 Å². The fraction of sp³-hybridized carbons (Fsp3) is 0.600. The Balaban J connectivity index is 3.21. The molecule has 3 N–H and O–H groups in total. The van der Waals surface area contributed by atoms with Gasteiger partial charge in [-0.25, -0.2) is 15.8 Å². The van der Waals surface area contributed by atoms with E-state index in [1.165, 1.54) is 0 Å². The Morgan fingerprint density at radius 1 is 1.20 bits per heavy atom. The molecule has 0 aromatic carbocycles. The minimum atomic E-state index is 0.699. The van der Waals surface area contributed by atoms with Crippen molar-refractivity contribution in [3.05, 3.63) is 11.4 Å². The summed E-state index contributed by atoms with van der Waals surface area (Å²) in [5.41, 5.74) is 3.59. The van der Waals surface area contributed by atoms with E-state index in [4.69, 9.17) is 5.84 Å². The highest BCUT2D eigenvalue weighted by Gasteiger charge is 2.12. The Hall–Kier alpha value is -1.36. The van der Waals surface area contributed by atoms with Crippen molar-refractivity contribution in [3.63, 3.8) is 0 Å². The molecule has 1 rings (SSSR count). The average molecular weight is 209 g/mol. The molecule has 84 valence electrons. The number of aryl methyl sites for hydroxylation is 1. The number of hydrogen-bond donors (Lipinski definition) is 2. The van der Waals surface area contributed by atoms with Crippen LogP contribution in [0.3, 0.4) is 0 Å². The van der Waals surface area contributed by atoms with Crippen molar-refractivity contribution in [2.24, 2.45) is 5.84 Å². The second-order valence-corrected chi connectivity index (χ2v) is 3.38. The lowest BCUT2D eigenvalue weighted by atomic mass is 10.3. The van der Waals surface area contributed by atoms with Crippen LogP contribution in [0.25, 0.3) is 0 Å². The first-order valence-electron chi connectivity index (χ1n) is 5.20. The van der Waals surface area contributed by atoms with E-state index in [0.29, 0.717) is 5.82 Å². The standard InChI is InChI=1S/C10H19N5/c1-5-15(6-2)10-7(3)9(14-11)12-8(4)13-10/h5-6,11H2,1-4H3,(H,12,13,14). The Morgan fingerprint density at radius 2 is 1.80 bits per heavy atom. The zero-order chi connectivity index (χ0) is 11.4. The zero-order valence-electron chi connectivity index (χ0n) is 9.83. The zero-order valence-corrected chi connectivity index (χ0v) is 9.83. The van der Waals surface area contributed by atoms with Gasteiger partial charge in [-0.15, -0.1) is 0 Å². The van der Waals surface area contributed by atoms with Crippen molar-refractivity contribution < 1.29 is 0 Å². The summed E-state index contributed by atoms with van der Waals surface area (Å²) >= 11 is 0. The molecule has 0 aliphatic heterocycles. The van der Waals surface area contributed by atoms with Crippen molar-refractivity contribution >= 4 is 11.6 Å². The Morgan fingerprint density at radius 3 is 2.27 bits per heavy atom. The van der Waals surface area contributed by atoms with E-state index in [9.17, 15) is 0 Å². The minimum absolute atomic E-state index is 0.699. The van der Waals surface area contributed by atoms with Gasteiger partial charge in [-0.05, 0) is 27.7 Å². The predicted molar refractivity (Wildman–Crippen MR) is 62.9 cm³/mol. The van der Waals surface area contributed by atoms with Gasteiger partial charge in [0.15, 0.2) is 0 Å². The lowest BCUT2D eigenvalue weighted by Crippen LogP contribution is -2.25. The topological polar surface area (TPSA) is 67.1 Å². The van der Waals surface area contributed by atoms with Gasteiger partial charge in [0.25, 0.3) is 0 Å². The van der Waals surface area contributed by atoms with E-state index in [0.717, 1.165) is 30.3 Å². The fourth-order valence-corrected chi connectivity index (χ4v) is 1.59. The molecule has 5 nitrogen and oxygen atoms in total. The summed E-state index contributed by atoms with van der Waals surface area (Å²) in [5.74, 6) is 7.80. The van der Waals surface area contributed by atoms with Gasteiger partial charge in [0, 0.05) is 18.7 Å². The van der Waals surface area contributed by atoms with Crippen LogP contribution in [0.4, 0.5) is 11.6 Å². The third-order valence-electron chi connectivity index (χ3n) is 2.43. The smallest absolute Gasteiger partial charge is 0.148 e. The monoisotopic (exact) mass is 209 g/mol. The maximum Gasteiger partial charge on any atom is 0.148 e. The number of anilines is 2. The number of nitrogen functional groups attached to an aromatic ring is 1. The van der Waals surface area contributed by atoms with Crippen molar-refractivity contribution in [1.82, 2.24) is 9.97 Å². The van der Waals surface area contributed by atoms with Gasteiger partial charge in [0.2, 0.25) is 0 Å². The molecule has 0 bridgehead atoms. The van der Waals surface area contributed by atoms with Crippen molar-refractivity contribution in [1.29, 1.82) is 0 Å². The predicted octanol–water partition coefficient (Wildman–Crippen LogP) is 1.23. The van der Waals surface area contributed by atoms with Crippen LogP contribution in [-0.2, 0) is 0 Å². The van der Waals surface area contributed by atoms with Crippen LogP contribution in [0.1, 0.15) is 25.2 Å². The molecule has 0 saturated carbocycles. The van der Waals surface area contributed by atoms with Gasteiger partial charge in [0.1, 0.15) is 17.5 Å². The number of rotatable bonds is 4. The first kappa shape index (κ1) is 11.7. The van der Waals surface area contributed by atoms with Gasteiger partial charge in [-0.3, -0.25) is 0 Å². The summed E-state index contributed by atoms with van der Waals surface area (Å²) in [6.45, 7) is 9.91. The highest BCUT2D eigenvalue weighted by Crippen LogP contribution is 2.22. The van der Waals surface area contributed by atoms with Crippen LogP contribution in [-0.4, -0.2) is 23.1 Å². The van der Waals surface area contributed by atoms with Crippen LogP contribution in [0.15, 0.2) is 0 Å². The Bertz CT molecular complexity index is 333. The van der Waals surface area contributed by atoms with Gasteiger partial charge >= 0.3 is 0 Å². The van der Waals surface area contributed by atoms with Gasteiger partial charge in [-0.2, -0.15) is 0 Å². The molecule has 0 aliphatic rings. The second kappa shape index (κ2) is 4.93. The molecule has 0 radical (unpaired) electrons. The molecule has 1 aromatic heterocycles. The van der Waals surface area contributed by atoms with E-state index in [1.807, 2.05) is 13.8 Å². The van der Waals surface area contributed by atoms with E-state index in [2.05, 4.69) is 34.1 Å². The number of nitrogens with one attached hydrogen (secondary N) is 1. The maximum absolute atomic E-state index is 5.41. The van der Waals surface area contributed by atoms with Crippen molar-refractivity contribution in [2.45, 2.75) is 27.7 Å². The summed E-state index contributed by atoms with van der Waals surface area (Å²) < 4.78 is 0. The molecular formula is C10H19N5. The number of nitrogens with zero attached hydrogens (tertiary/aromatic N) is 3. The maximum atomic E-state index is 5.41. The quantitative estimate of drug-likeness (QED) is 0.576. The van der Waals surface area contributed by atoms with Crippen molar-refractivity contribution in [3.8, 4) is 0 Å². The molecule has 5 heteroatoms. The van der Waals surface area contributed by atoms with Crippen LogP contribution in [0.5, 0.6) is 0 Å². The molecule has 0 saturated heterocycles. The summed E-state index contributed by atoms with van der Waals surface area (Å²) in [6, 6.07) is 0. The third kappa shape index (κ3) is 2.36. The molecule has 0 atom stereocenters. The summed E-state index contributed by atoms with van der Waals surface area (Å²) in [4.78, 5) is 10.9. The molecule has 0 unspecified atom stereocenters. The molecule has 1 heterocycles. The first-order valence-corrected chi connectivity index (χ1v) is 5.20. The van der Waals surface area contributed by atoms with Gasteiger partial charge < -0.3 is 10.3 Å². The molecule has 0 aliphatic carbocycles. The first-order chi connectivity index (χ1) is 7.13. The number of nitrogens with two attached hydrogens (primary N) is 1.